The number of aromatic nitrogens is 2. The Morgan fingerprint density at radius 2 is 1.96 bits per heavy atom. The van der Waals surface area contributed by atoms with Crippen molar-refractivity contribution >= 4 is 22.0 Å². The molecule has 7 heteroatoms. The van der Waals surface area contributed by atoms with Crippen LogP contribution in [0.3, 0.4) is 0 Å². The van der Waals surface area contributed by atoms with E-state index in [1.54, 1.807) is 23.5 Å². The molecular weight excluding hydrogens is 312 g/mol. The molecule has 3 rings (SSSR count). The molecule has 120 valence electrons. The van der Waals surface area contributed by atoms with Gasteiger partial charge in [0.05, 0.1) is 16.3 Å². The zero-order valence-electron chi connectivity index (χ0n) is 13.2. The Labute approximate surface area is 137 Å². The van der Waals surface area contributed by atoms with Crippen LogP contribution in [-0.2, 0) is 12.0 Å². The lowest BCUT2D eigenvalue weighted by atomic mass is 9.93. The molecule has 0 unspecified atom stereocenters. The van der Waals surface area contributed by atoms with Crippen molar-refractivity contribution in [2.24, 2.45) is 5.73 Å². The second-order valence-electron chi connectivity index (χ2n) is 6.40. The summed E-state index contributed by atoms with van der Waals surface area (Å²) in [6.07, 6.45) is 0. The van der Waals surface area contributed by atoms with Crippen molar-refractivity contribution in [3.05, 3.63) is 51.1 Å². The zero-order valence-corrected chi connectivity index (χ0v) is 14.1. The first-order valence-corrected chi connectivity index (χ1v) is 8.15. The Hall–Kier alpha value is -2.25. The molecule has 6 nitrogen and oxygen atoms in total. The van der Waals surface area contributed by atoms with Gasteiger partial charge in [0, 0.05) is 40.7 Å². The molecule has 0 radical (unpaired) electrons. The summed E-state index contributed by atoms with van der Waals surface area (Å²) in [6.45, 7) is 6.81. The topological polar surface area (TPSA) is 86.5 Å². The molecule has 2 heterocycles. The number of benzene rings is 1. The van der Waals surface area contributed by atoms with E-state index in [1.807, 2.05) is 0 Å². The summed E-state index contributed by atoms with van der Waals surface area (Å²) < 4.78 is 2.11. The van der Waals surface area contributed by atoms with E-state index in [2.05, 4.69) is 30.6 Å². The highest BCUT2D eigenvalue weighted by Gasteiger charge is 2.24. The summed E-state index contributed by atoms with van der Waals surface area (Å²) in [5, 5.41) is 12.9. The SMILES string of the molecule is CC(C)(C)c1csc2nc(-c3ccc([N+](=O)[O-])cc3)c(CN)n12. The van der Waals surface area contributed by atoms with Crippen molar-refractivity contribution in [3.8, 4) is 11.3 Å². The smallest absolute Gasteiger partial charge is 0.269 e. The molecule has 0 atom stereocenters. The monoisotopic (exact) mass is 330 g/mol. The van der Waals surface area contributed by atoms with Crippen molar-refractivity contribution in [3.63, 3.8) is 0 Å². The van der Waals surface area contributed by atoms with Crippen LogP contribution in [0.5, 0.6) is 0 Å². The maximum Gasteiger partial charge on any atom is 0.269 e. The van der Waals surface area contributed by atoms with Gasteiger partial charge in [0.15, 0.2) is 4.96 Å². The number of imidazole rings is 1. The lowest BCUT2D eigenvalue weighted by molar-refractivity contribution is -0.384. The number of nitrogens with zero attached hydrogens (tertiary/aromatic N) is 3. The molecule has 0 bridgehead atoms. The van der Waals surface area contributed by atoms with Crippen molar-refractivity contribution in [1.29, 1.82) is 0 Å². The number of nitro benzene ring substituents is 1. The van der Waals surface area contributed by atoms with Crippen LogP contribution in [0, 0.1) is 10.1 Å². The minimum atomic E-state index is -0.406. The third kappa shape index (κ3) is 2.62. The summed E-state index contributed by atoms with van der Waals surface area (Å²) in [5.74, 6) is 0. The molecule has 0 fully saturated rings. The van der Waals surface area contributed by atoms with E-state index in [0.29, 0.717) is 6.54 Å². The number of hydrogen-bond donors (Lipinski definition) is 1. The molecule has 0 saturated heterocycles. The first-order valence-electron chi connectivity index (χ1n) is 7.27. The molecule has 23 heavy (non-hydrogen) atoms. The van der Waals surface area contributed by atoms with Gasteiger partial charge in [-0.3, -0.25) is 14.5 Å². The van der Waals surface area contributed by atoms with Gasteiger partial charge in [-0.05, 0) is 12.1 Å². The van der Waals surface area contributed by atoms with E-state index in [9.17, 15) is 10.1 Å². The summed E-state index contributed by atoms with van der Waals surface area (Å²) in [7, 11) is 0. The molecule has 0 spiro atoms. The van der Waals surface area contributed by atoms with Crippen molar-refractivity contribution in [1.82, 2.24) is 9.38 Å². The standard InChI is InChI=1S/C16H18N4O2S/c1-16(2,3)13-9-23-15-18-14(12(8-17)19(13)15)10-4-6-11(7-5-10)20(21)22/h4-7,9H,8,17H2,1-3H3. The van der Waals surface area contributed by atoms with Gasteiger partial charge < -0.3 is 5.73 Å². The van der Waals surface area contributed by atoms with Gasteiger partial charge in [-0.1, -0.05) is 20.8 Å². The van der Waals surface area contributed by atoms with E-state index >= 15 is 0 Å². The van der Waals surface area contributed by atoms with Crippen molar-refractivity contribution < 1.29 is 4.92 Å². The zero-order chi connectivity index (χ0) is 16.8. The summed E-state index contributed by atoms with van der Waals surface area (Å²) >= 11 is 1.58. The normalized spacial score (nSPS) is 12.0. The maximum atomic E-state index is 10.8. The average Bonchev–Trinajstić information content (AvgIpc) is 3.04. The van der Waals surface area contributed by atoms with Crippen LogP contribution in [0.2, 0.25) is 0 Å². The first kappa shape index (κ1) is 15.6. The van der Waals surface area contributed by atoms with Crippen LogP contribution in [0.25, 0.3) is 16.2 Å². The van der Waals surface area contributed by atoms with Crippen LogP contribution >= 0.6 is 11.3 Å². The molecule has 0 aliphatic carbocycles. The first-order chi connectivity index (χ1) is 10.8. The fraction of sp³-hybridized carbons (Fsp3) is 0.312. The van der Waals surface area contributed by atoms with E-state index < -0.39 is 4.92 Å². The number of thiazole rings is 1. The van der Waals surface area contributed by atoms with Gasteiger partial charge in [0.1, 0.15) is 0 Å². The minimum absolute atomic E-state index is 0.0182. The number of fused-ring (bicyclic) bond motifs is 1. The highest BCUT2D eigenvalue weighted by molar-refractivity contribution is 7.15. The fourth-order valence-corrected chi connectivity index (χ4v) is 3.73. The summed E-state index contributed by atoms with van der Waals surface area (Å²) in [5.41, 5.74) is 9.76. The number of nitrogens with two attached hydrogens (primary N) is 1. The quantitative estimate of drug-likeness (QED) is 0.585. The lowest BCUT2D eigenvalue weighted by Crippen LogP contribution is -2.16. The molecule has 2 N–H and O–H groups in total. The molecular formula is C16H18N4O2S. The molecule has 3 aromatic rings. The van der Waals surface area contributed by atoms with Crippen LogP contribution in [0.15, 0.2) is 29.6 Å². The highest BCUT2D eigenvalue weighted by atomic mass is 32.1. The van der Waals surface area contributed by atoms with E-state index in [1.165, 1.54) is 17.8 Å². The number of non-ortho nitro benzene ring substituents is 1. The third-order valence-electron chi connectivity index (χ3n) is 3.77. The molecule has 0 amide bonds. The molecule has 2 aromatic heterocycles. The van der Waals surface area contributed by atoms with E-state index in [0.717, 1.165) is 21.9 Å². The van der Waals surface area contributed by atoms with Crippen molar-refractivity contribution in [2.45, 2.75) is 32.7 Å². The Kier molecular flexibility index (Phi) is 3.69. The summed E-state index contributed by atoms with van der Waals surface area (Å²) in [6, 6.07) is 6.43. The van der Waals surface area contributed by atoms with Gasteiger partial charge in [0.2, 0.25) is 0 Å². The molecule has 0 aliphatic heterocycles. The number of nitro groups is 1. The van der Waals surface area contributed by atoms with Gasteiger partial charge >= 0.3 is 0 Å². The second kappa shape index (κ2) is 5.43. The minimum Gasteiger partial charge on any atom is -0.325 e. The molecule has 0 saturated carbocycles. The Balaban J connectivity index is 2.18. The van der Waals surface area contributed by atoms with Crippen LogP contribution < -0.4 is 5.73 Å². The average molecular weight is 330 g/mol. The highest BCUT2D eigenvalue weighted by Crippen LogP contribution is 2.33. The van der Waals surface area contributed by atoms with Gasteiger partial charge in [-0.15, -0.1) is 11.3 Å². The Bertz CT molecular complexity index is 872. The third-order valence-corrected chi connectivity index (χ3v) is 4.60. The largest absolute Gasteiger partial charge is 0.325 e. The second-order valence-corrected chi connectivity index (χ2v) is 7.24. The lowest BCUT2D eigenvalue weighted by Gasteiger charge is -2.18. The van der Waals surface area contributed by atoms with Crippen LogP contribution in [0.4, 0.5) is 5.69 Å². The van der Waals surface area contributed by atoms with E-state index in [4.69, 9.17) is 10.7 Å². The fourth-order valence-electron chi connectivity index (χ4n) is 2.59. The molecule has 0 aliphatic rings. The predicted molar refractivity (Wildman–Crippen MR) is 91.8 cm³/mol. The van der Waals surface area contributed by atoms with Gasteiger partial charge in [-0.2, -0.15) is 0 Å². The number of hydrogen-bond acceptors (Lipinski definition) is 5. The summed E-state index contributed by atoms with van der Waals surface area (Å²) in [4.78, 5) is 16.0. The maximum absolute atomic E-state index is 10.8. The molecule has 1 aromatic carbocycles. The van der Waals surface area contributed by atoms with Crippen LogP contribution in [-0.4, -0.2) is 14.3 Å². The van der Waals surface area contributed by atoms with Crippen molar-refractivity contribution in [2.75, 3.05) is 0 Å². The van der Waals surface area contributed by atoms with Gasteiger partial charge in [-0.25, -0.2) is 4.98 Å². The van der Waals surface area contributed by atoms with E-state index in [-0.39, 0.29) is 11.1 Å². The Morgan fingerprint density at radius 3 is 2.48 bits per heavy atom. The Morgan fingerprint density at radius 1 is 1.30 bits per heavy atom. The van der Waals surface area contributed by atoms with Crippen LogP contribution in [0.1, 0.15) is 32.2 Å². The predicted octanol–water partition coefficient (Wildman–Crippen LogP) is 3.73. The number of rotatable bonds is 3. The van der Waals surface area contributed by atoms with Gasteiger partial charge in [0.25, 0.3) is 5.69 Å².